The highest BCUT2D eigenvalue weighted by molar-refractivity contribution is 5.83. The summed E-state index contributed by atoms with van der Waals surface area (Å²) in [6.45, 7) is 5.43. The molecule has 2 unspecified atom stereocenters. The zero-order valence-corrected chi connectivity index (χ0v) is 15.3. The Hall–Kier alpha value is -1.46. The minimum absolute atomic E-state index is 0.347. The Morgan fingerprint density at radius 1 is 1.16 bits per heavy atom. The third kappa shape index (κ3) is 5.02. The van der Waals surface area contributed by atoms with Crippen molar-refractivity contribution in [2.45, 2.75) is 38.0 Å². The van der Waals surface area contributed by atoms with Gasteiger partial charge < -0.3 is 20.1 Å². The SMILES string of the molecule is COCC(O)CN1CCC(NC(C)c2ccc3ccccc3c2)CC1. The van der Waals surface area contributed by atoms with Gasteiger partial charge in [0.2, 0.25) is 0 Å². The summed E-state index contributed by atoms with van der Waals surface area (Å²) in [5.74, 6) is 0. The fraction of sp³-hybridized carbons (Fsp3) is 0.524. The van der Waals surface area contributed by atoms with Crippen LogP contribution in [-0.2, 0) is 4.74 Å². The van der Waals surface area contributed by atoms with Crippen molar-refractivity contribution in [1.29, 1.82) is 0 Å². The minimum atomic E-state index is -0.383. The molecule has 0 bridgehead atoms. The molecule has 3 rings (SSSR count). The van der Waals surface area contributed by atoms with Crippen molar-refractivity contribution in [3.05, 3.63) is 48.0 Å². The molecule has 1 saturated heterocycles. The van der Waals surface area contributed by atoms with Crippen LogP contribution in [0.4, 0.5) is 0 Å². The van der Waals surface area contributed by atoms with Crippen molar-refractivity contribution < 1.29 is 9.84 Å². The maximum atomic E-state index is 9.87. The summed E-state index contributed by atoms with van der Waals surface area (Å²) in [5.41, 5.74) is 1.34. The highest BCUT2D eigenvalue weighted by atomic mass is 16.5. The van der Waals surface area contributed by atoms with E-state index in [1.54, 1.807) is 7.11 Å². The summed E-state index contributed by atoms with van der Waals surface area (Å²) in [6.07, 6.45) is 1.86. The van der Waals surface area contributed by atoms with Crippen LogP contribution in [0.5, 0.6) is 0 Å². The first kappa shape index (κ1) is 18.3. The van der Waals surface area contributed by atoms with Crippen molar-refractivity contribution in [2.75, 3.05) is 33.4 Å². The van der Waals surface area contributed by atoms with Crippen molar-refractivity contribution in [3.8, 4) is 0 Å². The van der Waals surface area contributed by atoms with Crippen LogP contribution in [0.3, 0.4) is 0 Å². The molecule has 0 aromatic heterocycles. The number of fused-ring (bicyclic) bond motifs is 1. The van der Waals surface area contributed by atoms with Gasteiger partial charge in [-0.3, -0.25) is 0 Å². The molecule has 1 heterocycles. The number of nitrogens with one attached hydrogen (secondary N) is 1. The van der Waals surface area contributed by atoms with Gasteiger partial charge >= 0.3 is 0 Å². The van der Waals surface area contributed by atoms with Gasteiger partial charge in [0.25, 0.3) is 0 Å². The summed E-state index contributed by atoms with van der Waals surface area (Å²) in [4.78, 5) is 2.34. The van der Waals surface area contributed by atoms with E-state index in [4.69, 9.17) is 4.74 Å². The largest absolute Gasteiger partial charge is 0.389 e. The van der Waals surface area contributed by atoms with E-state index in [-0.39, 0.29) is 6.10 Å². The van der Waals surface area contributed by atoms with Gasteiger partial charge in [0.15, 0.2) is 0 Å². The maximum Gasteiger partial charge on any atom is 0.0900 e. The van der Waals surface area contributed by atoms with Gasteiger partial charge in [-0.25, -0.2) is 0 Å². The van der Waals surface area contributed by atoms with Gasteiger partial charge in [0, 0.05) is 25.7 Å². The molecule has 0 radical (unpaired) electrons. The van der Waals surface area contributed by atoms with Crippen LogP contribution in [0, 0.1) is 0 Å². The fourth-order valence-corrected chi connectivity index (χ4v) is 3.75. The third-order valence-electron chi connectivity index (χ3n) is 5.17. The lowest BCUT2D eigenvalue weighted by Crippen LogP contribution is -2.46. The van der Waals surface area contributed by atoms with Crippen LogP contribution < -0.4 is 5.32 Å². The van der Waals surface area contributed by atoms with E-state index in [1.807, 2.05) is 0 Å². The van der Waals surface area contributed by atoms with Crippen LogP contribution in [-0.4, -0.2) is 55.5 Å². The average molecular weight is 342 g/mol. The van der Waals surface area contributed by atoms with E-state index >= 15 is 0 Å². The molecule has 1 aliphatic rings. The zero-order chi connectivity index (χ0) is 17.6. The normalized spacial score (nSPS) is 19.2. The van der Waals surface area contributed by atoms with Crippen molar-refractivity contribution in [1.82, 2.24) is 10.2 Å². The molecule has 1 aliphatic heterocycles. The Kier molecular flexibility index (Phi) is 6.43. The molecule has 4 nitrogen and oxygen atoms in total. The second-order valence-electron chi connectivity index (χ2n) is 7.18. The number of ether oxygens (including phenoxy) is 1. The number of aliphatic hydroxyl groups is 1. The molecule has 25 heavy (non-hydrogen) atoms. The molecule has 0 amide bonds. The predicted molar refractivity (Wildman–Crippen MR) is 103 cm³/mol. The highest BCUT2D eigenvalue weighted by Gasteiger charge is 2.22. The third-order valence-corrected chi connectivity index (χ3v) is 5.17. The smallest absolute Gasteiger partial charge is 0.0900 e. The van der Waals surface area contributed by atoms with Crippen LogP contribution in [0.25, 0.3) is 10.8 Å². The molecule has 0 aliphatic carbocycles. The summed E-state index contributed by atoms with van der Waals surface area (Å²) < 4.78 is 5.01. The molecule has 136 valence electrons. The monoisotopic (exact) mass is 342 g/mol. The van der Waals surface area contributed by atoms with E-state index in [9.17, 15) is 5.11 Å². The molecule has 2 aromatic rings. The topological polar surface area (TPSA) is 44.7 Å². The molecule has 2 N–H and O–H groups in total. The van der Waals surface area contributed by atoms with Gasteiger partial charge in [0.1, 0.15) is 0 Å². The lowest BCUT2D eigenvalue weighted by atomic mass is 9.99. The average Bonchev–Trinajstić information content (AvgIpc) is 2.63. The fourth-order valence-electron chi connectivity index (χ4n) is 3.75. The molecule has 0 spiro atoms. The first-order valence-corrected chi connectivity index (χ1v) is 9.30. The van der Waals surface area contributed by atoms with E-state index in [0.717, 1.165) is 25.9 Å². The summed E-state index contributed by atoms with van der Waals surface area (Å²) in [7, 11) is 1.63. The van der Waals surface area contributed by atoms with Crippen LogP contribution in [0.1, 0.15) is 31.4 Å². The highest BCUT2D eigenvalue weighted by Crippen LogP contribution is 2.22. The first-order valence-electron chi connectivity index (χ1n) is 9.30. The predicted octanol–water partition coefficient (Wildman–Crippen LogP) is 2.96. The Labute approximate surface area is 150 Å². The number of hydrogen-bond acceptors (Lipinski definition) is 4. The van der Waals surface area contributed by atoms with Gasteiger partial charge in [-0.1, -0.05) is 36.4 Å². The lowest BCUT2D eigenvalue weighted by Gasteiger charge is -2.35. The molecular weight excluding hydrogens is 312 g/mol. The molecule has 4 heteroatoms. The van der Waals surface area contributed by atoms with E-state index in [1.165, 1.54) is 16.3 Å². The second-order valence-corrected chi connectivity index (χ2v) is 7.18. The molecular formula is C21H30N2O2. The molecule has 2 aromatic carbocycles. The number of nitrogens with zero attached hydrogens (tertiary/aromatic N) is 1. The summed E-state index contributed by atoms with van der Waals surface area (Å²) in [6, 6.07) is 16.1. The summed E-state index contributed by atoms with van der Waals surface area (Å²) in [5, 5.41) is 16.2. The van der Waals surface area contributed by atoms with E-state index < -0.39 is 0 Å². The van der Waals surface area contributed by atoms with Gasteiger partial charge in [-0.15, -0.1) is 0 Å². The number of benzene rings is 2. The first-order chi connectivity index (χ1) is 12.2. The number of rotatable bonds is 7. The maximum absolute atomic E-state index is 9.87. The van der Waals surface area contributed by atoms with E-state index in [0.29, 0.717) is 25.2 Å². The Bertz CT molecular complexity index is 668. The molecule has 1 fully saturated rings. The van der Waals surface area contributed by atoms with Crippen LogP contribution in [0.2, 0.25) is 0 Å². The number of piperidine rings is 1. The van der Waals surface area contributed by atoms with Gasteiger partial charge in [-0.05, 0) is 55.3 Å². The number of likely N-dealkylation sites (tertiary alicyclic amines) is 1. The van der Waals surface area contributed by atoms with E-state index in [2.05, 4.69) is 59.6 Å². The minimum Gasteiger partial charge on any atom is -0.389 e. The van der Waals surface area contributed by atoms with Gasteiger partial charge in [0.05, 0.1) is 12.7 Å². The molecule has 2 atom stereocenters. The number of aliphatic hydroxyl groups excluding tert-OH is 1. The zero-order valence-electron chi connectivity index (χ0n) is 15.3. The number of hydrogen-bond donors (Lipinski definition) is 2. The molecule has 0 saturated carbocycles. The Morgan fingerprint density at radius 3 is 2.60 bits per heavy atom. The Morgan fingerprint density at radius 2 is 1.88 bits per heavy atom. The van der Waals surface area contributed by atoms with Crippen molar-refractivity contribution >= 4 is 10.8 Å². The van der Waals surface area contributed by atoms with Gasteiger partial charge in [-0.2, -0.15) is 0 Å². The standard InChI is InChI=1S/C21H30N2O2/c1-16(18-8-7-17-5-3-4-6-19(17)13-18)22-20-9-11-23(12-10-20)14-21(24)15-25-2/h3-8,13,16,20-22,24H,9-12,14-15H2,1-2H3. The lowest BCUT2D eigenvalue weighted by molar-refractivity contribution is 0.0308. The van der Waals surface area contributed by atoms with Crippen LogP contribution >= 0.6 is 0 Å². The van der Waals surface area contributed by atoms with Crippen LogP contribution in [0.15, 0.2) is 42.5 Å². The number of β-amino-alcohol motifs (C(OH)–C–C–N with tert-alkyl or cyclic N) is 1. The quantitative estimate of drug-likeness (QED) is 0.812. The van der Waals surface area contributed by atoms with Crippen molar-refractivity contribution in [3.63, 3.8) is 0 Å². The number of methoxy groups -OCH3 is 1. The summed E-state index contributed by atoms with van der Waals surface area (Å²) >= 11 is 0. The second kappa shape index (κ2) is 8.77. The van der Waals surface area contributed by atoms with Crippen molar-refractivity contribution in [2.24, 2.45) is 0 Å². The Balaban J connectivity index is 1.51.